The molecule has 2 aliphatic heterocycles. The first-order chi connectivity index (χ1) is 9.96. The Hall–Kier alpha value is -2.17. The Kier molecular flexibility index (Phi) is 3.08. The van der Waals surface area contributed by atoms with Gasteiger partial charge in [0.2, 0.25) is 11.8 Å². The van der Waals surface area contributed by atoms with Crippen LogP contribution >= 0.6 is 0 Å². The van der Waals surface area contributed by atoms with Gasteiger partial charge in [-0.15, -0.1) is 0 Å². The fraction of sp³-hybridized carbons (Fsp3) is 0.438. The maximum absolute atomic E-state index is 12.7. The molecule has 1 saturated heterocycles. The van der Waals surface area contributed by atoms with E-state index < -0.39 is 11.5 Å². The lowest BCUT2D eigenvalue weighted by Crippen LogP contribution is -2.49. The van der Waals surface area contributed by atoms with Crippen LogP contribution in [0.2, 0.25) is 0 Å². The molecule has 110 valence electrons. The number of likely N-dealkylation sites (tertiary alicyclic amines) is 1. The minimum atomic E-state index is -0.784. The lowest BCUT2D eigenvalue weighted by Gasteiger charge is -2.32. The number of carbonyl (C=O) groups excluding carboxylic acids is 3. The van der Waals surface area contributed by atoms with Crippen LogP contribution in [0.1, 0.15) is 32.3 Å². The Bertz CT molecular complexity index is 640. The van der Waals surface area contributed by atoms with Crippen LogP contribution in [0, 0.1) is 0 Å². The van der Waals surface area contributed by atoms with E-state index in [1.165, 1.54) is 13.8 Å². The summed E-state index contributed by atoms with van der Waals surface area (Å²) in [6.45, 7) is 3.50. The van der Waals surface area contributed by atoms with E-state index in [2.05, 4.69) is 5.32 Å². The van der Waals surface area contributed by atoms with Crippen molar-refractivity contribution in [3.8, 4) is 0 Å². The number of anilines is 1. The van der Waals surface area contributed by atoms with Crippen LogP contribution in [0.5, 0.6) is 0 Å². The summed E-state index contributed by atoms with van der Waals surface area (Å²) < 4.78 is 0. The topological polar surface area (TPSA) is 66.5 Å². The van der Waals surface area contributed by atoms with E-state index in [-0.39, 0.29) is 24.0 Å². The van der Waals surface area contributed by atoms with E-state index in [9.17, 15) is 14.4 Å². The number of Topliss-reactive ketones (excluding diaryl/α,β-unsaturated/α-hetero) is 1. The number of fused-ring (bicyclic) bond motifs is 2. The van der Waals surface area contributed by atoms with Gasteiger partial charge in [-0.05, 0) is 25.0 Å². The molecule has 1 spiro atoms. The van der Waals surface area contributed by atoms with Gasteiger partial charge in [-0.25, -0.2) is 0 Å². The Labute approximate surface area is 123 Å². The third-order valence-electron chi connectivity index (χ3n) is 4.64. The molecule has 0 aliphatic carbocycles. The monoisotopic (exact) mass is 286 g/mol. The average molecular weight is 286 g/mol. The van der Waals surface area contributed by atoms with Crippen molar-refractivity contribution in [1.29, 1.82) is 0 Å². The molecule has 2 heterocycles. The normalized spacial score (nSPS) is 26.9. The summed E-state index contributed by atoms with van der Waals surface area (Å²) in [7, 11) is 0. The van der Waals surface area contributed by atoms with Crippen molar-refractivity contribution >= 4 is 23.3 Å². The third kappa shape index (κ3) is 1.87. The van der Waals surface area contributed by atoms with E-state index in [0.29, 0.717) is 13.0 Å². The van der Waals surface area contributed by atoms with Gasteiger partial charge in [0.15, 0.2) is 0 Å². The second-order valence-electron chi connectivity index (χ2n) is 5.86. The quantitative estimate of drug-likeness (QED) is 0.895. The number of hydrogen-bond donors (Lipinski definition) is 1. The number of amides is 2. The van der Waals surface area contributed by atoms with Crippen molar-refractivity contribution < 1.29 is 14.4 Å². The van der Waals surface area contributed by atoms with Gasteiger partial charge in [0.1, 0.15) is 5.78 Å². The molecule has 3 rings (SSSR count). The number of benzene rings is 1. The number of para-hydroxylation sites is 1. The largest absolute Gasteiger partial charge is 0.338 e. The van der Waals surface area contributed by atoms with Crippen molar-refractivity contribution in [2.45, 2.75) is 38.1 Å². The zero-order valence-corrected chi connectivity index (χ0v) is 12.2. The van der Waals surface area contributed by atoms with E-state index in [1.807, 2.05) is 24.3 Å². The number of nitrogens with zero attached hydrogens (tertiary/aromatic N) is 1. The highest BCUT2D eigenvalue weighted by Gasteiger charge is 2.58. The van der Waals surface area contributed by atoms with Crippen LogP contribution in [0.3, 0.4) is 0 Å². The average Bonchev–Trinajstić information content (AvgIpc) is 2.91. The standard InChI is InChI=1S/C16H18N2O3/c1-10(19)9-14-16(7-8-18(14)11(2)20)12-5-3-4-6-13(12)17-15(16)21/h3-6,14H,7-9H2,1-2H3,(H,17,21)/t14-,16-/m0/s1. The van der Waals surface area contributed by atoms with Crippen molar-refractivity contribution in [3.05, 3.63) is 29.8 Å². The number of nitrogens with one attached hydrogen (secondary N) is 1. The summed E-state index contributed by atoms with van der Waals surface area (Å²) in [5.74, 6) is -0.196. The van der Waals surface area contributed by atoms with Crippen LogP contribution in [-0.2, 0) is 19.8 Å². The lowest BCUT2D eigenvalue weighted by atomic mass is 9.73. The van der Waals surface area contributed by atoms with Crippen LogP contribution in [0.15, 0.2) is 24.3 Å². The molecule has 5 nitrogen and oxygen atoms in total. The predicted octanol–water partition coefficient (Wildman–Crippen LogP) is 1.48. The highest BCUT2D eigenvalue weighted by atomic mass is 16.2. The second-order valence-corrected chi connectivity index (χ2v) is 5.86. The summed E-state index contributed by atoms with van der Waals surface area (Å²) in [5.41, 5.74) is 0.917. The SMILES string of the molecule is CC(=O)C[C@@H]1N(C(C)=O)CC[C@@]12C(=O)Nc1ccccc12. The Balaban J connectivity index is 2.13. The molecule has 1 aromatic rings. The molecule has 0 saturated carbocycles. The zero-order valence-electron chi connectivity index (χ0n) is 12.2. The molecule has 2 amide bonds. The molecule has 21 heavy (non-hydrogen) atoms. The Morgan fingerprint density at radius 2 is 2.05 bits per heavy atom. The maximum Gasteiger partial charge on any atom is 0.237 e. The smallest absolute Gasteiger partial charge is 0.237 e. The summed E-state index contributed by atoms with van der Waals surface area (Å²) in [4.78, 5) is 37.9. The summed E-state index contributed by atoms with van der Waals surface area (Å²) in [6.07, 6.45) is 0.773. The predicted molar refractivity (Wildman–Crippen MR) is 77.8 cm³/mol. The lowest BCUT2D eigenvalue weighted by molar-refractivity contribution is -0.132. The van der Waals surface area contributed by atoms with E-state index in [4.69, 9.17) is 0 Å². The molecular formula is C16H18N2O3. The van der Waals surface area contributed by atoms with Crippen molar-refractivity contribution in [3.63, 3.8) is 0 Å². The van der Waals surface area contributed by atoms with Crippen molar-refractivity contribution in [2.24, 2.45) is 0 Å². The number of hydrogen-bond acceptors (Lipinski definition) is 3. The van der Waals surface area contributed by atoms with Gasteiger partial charge in [0.25, 0.3) is 0 Å². The van der Waals surface area contributed by atoms with Gasteiger partial charge in [-0.1, -0.05) is 18.2 Å². The minimum Gasteiger partial charge on any atom is -0.338 e. The molecule has 0 aromatic heterocycles. The Morgan fingerprint density at radius 1 is 1.33 bits per heavy atom. The first kappa shape index (κ1) is 13.8. The molecule has 0 unspecified atom stereocenters. The van der Waals surface area contributed by atoms with Gasteiger partial charge < -0.3 is 10.2 Å². The summed E-state index contributed by atoms with van der Waals surface area (Å²) in [6, 6.07) is 7.15. The van der Waals surface area contributed by atoms with Gasteiger partial charge in [-0.2, -0.15) is 0 Å². The Morgan fingerprint density at radius 3 is 2.71 bits per heavy atom. The molecule has 0 radical (unpaired) electrons. The highest BCUT2D eigenvalue weighted by Crippen LogP contribution is 2.49. The third-order valence-corrected chi connectivity index (χ3v) is 4.64. The summed E-state index contributed by atoms with van der Waals surface area (Å²) >= 11 is 0. The van der Waals surface area contributed by atoms with Gasteiger partial charge in [0, 0.05) is 25.6 Å². The first-order valence-corrected chi connectivity index (χ1v) is 7.14. The maximum atomic E-state index is 12.7. The van der Waals surface area contributed by atoms with Gasteiger partial charge >= 0.3 is 0 Å². The number of rotatable bonds is 2. The zero-order chi connectivity index (χ0) is 15.2. The fourth-order valence-electron chi connectivity index (χ4n) is 3.74. The molecule has 2 aliphatic rings. The summed E-state index contributed by atoms with van der Waals surface area (Å²) in [5, 5.41) is 2.90. The molecular weight excluding hydrogens is 268 g/mol. The van der Waals surface area contributed by atoms with E-state index in [1.54, 1.807) is 4.90 Å². The molecule has 1 fully saturated rings. The molecule has 1 aromatic carbocycles. The van der Waals surface area contributed by atoms with Crippen molar-refractivity contribution in [2.75, 3.05) is 11.9 Å². The van der Waals surface area contributed by atoms with Crippen molar-refractivity contribution in [1.82, 2.24) is 4.90 Å². The molecule has 2 atom stereocenters. The van der Waals surface area contributed by atoms with E-state index in [0.717, 1.165) is 11.3 Å². The molecule has 5 heteroatoms. The molecule has 0 bridgehead atoms. The second kappa shape index (κ2) is 4.69. The van der Waals surface area contributed by atoms with Crippen LogP contribution in [0.4, 0.5) is 5.69 Å². The van der Waals surface area contributed by atoms with Crippen LogP contribution in [-0.4, -0.2) is 35.1 Å². The van der Waals surface area contributed by atoms with Crippen LogP contribution < -0.4 is 5.32 Å². The van der Waals surface area contributed by atoms with Gasteiger partial charge in [-0.3, -0.25) is 14.4 Å². The van der Waals surface area contributed by atoms with Crippen LogP contribution in [0.25, 0.3) is 0 Å². The number of carbonyl (C=O) groups is 3. The first-order valence-electron chi connectivity index (χ1n) is 7.14. The molecule has 1 N–H and O–H groups in total. The number of ketones is 1. The highest BCUT2D eigenvalue weighted by molar-refractivity contribution is 6.08. The van der Waals surface area contributed by atoms with Gasteiger partial charge in [0.05, 0.1) is 11.5 Å². The fourth-order valence-corrected chi connectivity index (χ4v) is 3.74. The van der Waals surface area contributed by atoms with E-state index >= 15 is 0 Å². The minimum absolute atomic E-state index is 0.00953.